The Balaban J connectivity index is 1.93. The molecule has 1 spiro atoms. The Hall–Kier alpha value is 0.290. The van der Waals surface area contributed by atoms with Gasteiger partial charge in [0.15, 0.2) is 0 Å². The third kappa shape index (κ3) is 1.63. The maximum Gasteiger partial charge on any atom is 0.0369 e. The van der Waals surface area contributed by atoms with Gasteiger partial charge in [0.1, 0.15) is 0 Å². The van der Waals surface area contributed by atoms with E-state index >= 15 is 0 Å². The Bertz CT molecular complexity index is 170. The van der Waals surface area contributed by atoms with E-state index in [0.29, 0.717) is 5.38 Å². The summed E-state index contributed by atoms with van der Waals surface area (Å²) < 4.78 is 0. The molecule has 0 radical (unpaired) electrons. The maximum atomic E-state index is 6.45. The van der Waals surface area contributed by atoms with Crippen molar-refractivity contribution in [3.05, 3.63) is 0 Å². The first-order chi connectivity index (χ1) is 6.28. The van der Waals surface area contributed by atoms with Gasteiger partial charge in [-0.15, -0.1) is 11.6 Å². The Morgan fingerprint density at radius 1 is 1.31 bits per heavy atom. The van der Waals surface area contributed by atoms with Crippen molar-refractivity contribution in [2.24, 2.45) is 11.3 Å². The number of alkyl halides is 1. The van der Waals surface area contributed by atoms with Gasteiger partial charge in [0.05, 0.1) is 0 Å². The van der Waals surface area contributed by atoms with Crippen LogP contribution < -0.4 is 0 Å². The molecule has 0 saturated heterocycles. The highest BCUT2D eigenvalue weighted by atomic mass is 35.5. The fourth-order valence-electron chi connectivity index (χ4n) is 3.46. The third-order valence-electron chi connectivity index (χ3n) is 4.34. The van der Waals surface area contributed by atoms with Crippen LogP contribution >= 0.6 is 11.6 Å². The summed E-state index contributed by atoms with van der Waals surface area (Å²) in [5, 5.41) is 0.483. The van der Waals surface area contributed by atoms with E-state index in [1.165, 1.54) is 51.4 Å². The standard InChI is InChI=1S/C12H21Cl/c1-2-5-11(13)10-6-9-12(10)7-3-4-8-12/h10-11H,2-9H2,1H3. The summed E-state index contributed by atoms with van der Waals surface area (Å²) in [4.78, 5) is 0. The molecule has 1 heteroatoms. The van der Waals surface area contributed by atoms with Crippen LogP contribution in [0.1, 0.15) is 58.3 Å². The minimum atomic E-state index is 0.483. The number of hydrogen-bond acceptors (Lipinski definition) is 0. The Labute approximate surface area is 87.0 Å². The predicted octanol–water partition coefficient (Wildman–Crippen LogP) is 4.36. The minimum Gasteiger partial charge on any atom is -0.123 e. The van der Waals surface area contributed by atoms with Crippen LogP contribution in [0.25, 0.3) is 0 Å². The first-order valence-electron chi connectivity index (χ1n) is 5.92. The summed E-state index contributed by atoms with van der Waals surface area (Å²) in [6.07, 6.45) is 11.3. The van der Waals surface area contributed by atoms with Crippen LogP contribution in [0, 0.1) is 11.3 Å². The normalized spacial score (nSPS) is 33.2. The van der Waals surface area contributed by atoms with Gasteiger partial charge in [0.2, 0.25) is 0 Å². The SMILES string of the molecule is CCCC(Cl)C1CCC12CCCC2. The van der Waals surface area contributed by atoms with Crippen molar-refractivity contribution >= 4 is 11.6 Å². The van der Waals surface area contributed by atoms with E-state index in [1.807, 2.05) is 0 Å². The Morgan fingerprint density at radius 2 is 2.00 bits per heavy atom. The fourth-order valence-corrected chi connectivity index (χ4v) is 4.07. The largest absolute Gasteiger partial charge is 0.123 e. The predicted molar refractivity (Wildman–Crippen MR) is 58.2 cm³/mol. The molecule has 0 amide bonds. The van der Waals surface area contributed by atoms with Gasteiger partial charge >= 0.3 is 0 Å². The molecule has 2 atom stereocenters. The van der Waals surface area contributed by atoms with Crippen molar-refractivity contribution in [3.63, 3.8) is 0 Å². The van der Waals surface area contributed by atoms with Gasteiger partial charge in [-0.1, -0.05) is 26.2 Å². The molecule has 13 heavy (non-hydrogen) atoms. The lowest BCUT2D eigenvalue weighted by atomic mass is 9.57. The highest BCUT2D eigenvalue weighted by Gasteiger charge is 2.50. The minimum absolute atomic E-state index is 0.483. The monoisotopic (exact) mass is 200 g/mol. The van der Waals surface area contributed by atoms with Crippen molar-refractivity contribution < 1.29 is 0 Å². The molecule has 0 N–H and O–H groups in total. The lowest BCUT2D eigenvalue weighted by Gasteiger charge is -2.50. The third-order valence-corrected chi connectivity index (χ3v) is 4.86. The van der Waals surface area contributed by atoms with Gasteiger partial charge in [-0.2, -0.15) is 0 Å². The van der Waals surface area contributed by atoms with E-state index in [-0.39, 0.29) is 0 Å². The summed E-state index contributed by atoms with van der Waals surface area (Å²) in [7, 11) is 0. The van der Waals surface area contributed by atoms with Gasteiger partial charge in [-0.25, -0.2) is 0 Å². The van der Waals surface area contributed by atoms with Crippen LogP contribution in [0.4, 0.5) is 0 Å². The fraction of sp³-hybridized carbons (Fsp3) is 1.00. The van der Waals surface area contributed by atoms with Gasteiger partial charge in [-0.05, 0) is 43.4 Å². The molecule has 0 aliphatic heterocycles. The molecule has 2 aliphatic rings. The van der Waals surface area contributed by atoms with Crippen LogP contribution in [0.15, 0.2) is 0 Å². The van der Waals surface area contributed by atoms with E-state index < -0.39 is 0 Å². The van der Waals surface area contributed by atoms with E-state index in [0.717, 1.165) is 11.3 Å². The molecule has 0 aromatic heterocycles. The molecule has 0 aromatic rings. The molecule has 2 fully saturated rings. The number of hydrogen-bond donors (Lipinski definition) is 0. The second-order valence-electron chi connectivity index (χ2n) is 5.02. The quantitative estimate of drug-likeness (QED) is 0.594. The smallest absolute Gasteiger partial charge is 0.0369 e. The first kappa shape index (κ1) is 9.83. The van der Waals surface area contributed by atoms with Gasteiger partial charge in [-0.3, -0.25) is 0 Å². The van der Waals surface area contributed by atoms with Crippen LogP contribution in [0.2, 0.25) is 0 Å². The van der Waals surface area contributed by atoms with Gasteiger partial charge in [0, 0.05) is 5.38 Å². The van der Waals surface area contributed by atoms with Crippen LogP contribution in [0.5, 0.6) is 0 Å². The molecule has 0 bridgehead atoms. The molecule has 2 aliphatic carbocycles. The molecule has 0 aromatic carbocycles. The topological polar surface area (TPSA) is 0 Å². The van der Waals surface area contributed by atoms with Crippen molar-refractivity contribution in [2.75, 3.05) is 0 Å². The number of rotatable bonds is 3. The lowest BCUT2D eigenvalue weighted by Crippen LogP contribution is -2.43. The summed E-state index contributed by atoms with van der Waals surface area (Å²) in [5.41, 5.74) is 0.724. The molecular formula is C12H21Cl. The average molecular weight is 201 g/mol. The lowest BCUT2D eigenvalue weighted by molar-refractivity contribution is 0.0322. The van der Waals surface area contributed by atoms with Crippen molar-refractivity contribution in [1.82, 2.24) is 0 Å². The average Bonchev–Trinajstić information content (AvgIpc) is 2.52. The van der Waals surface area contributed by atoms with E-state index in [4.69, 9.17) is 11.6 Å². The molecule has 2 saturated carbocycles. The zero-order valence-electron chi connectivity index (χ0n) is 8.69. The van der Waals surface area contributed by atoms with Crippen molar-refractivity contribution in [3.8, 4) is 0 Å². The molecule has 76 valence electrons. The zero-order chi connectivity index (χ0) is 9.31. The molecule has 2 unspecified atom stereocenters. The highest BCUT2D eigenvalue weighted by Crippen LogP contribution is 2.59. The second-order valence-corrected chi connectivity index (χ2v) is 5.58. The molecule has 2 rings (SSSR count). The Kier molecular flexibility index (Phi) is 2.88. The Morgan fingerprint density at radius 3 is 2.46 bits per heavy atom. The summed E-state index contributed by atoms with van der Waals surface area (Å²) in [6, 6.07) is 0. The first-order valence-corrected chi connectivity index (χ1v) is 6.36. The van der Waals surface area contributed by atoms with Crippen LogP contribution in [0.3, 0.4) is 0 Å². The van der Waals surface area contributed by atoms with Crippen molar-refractivity contribution in [2.45, 2.75) is 63.7 Å². The molecule has 0 nitrogen and oxygen atoms in total. The summed E-state index contributed by atoms with van der Waals surface area (Å²) in [5.74, 6) is 0.872. The van der Waals surface area contributed by atoms with E-state index in [1.54, 1.807) is 0 Å². The summed E-state index contributed by atoms with van der Waals surface area (Å²) >= 11 is 6.45. The maximum absolute atomic E-state index is 6.45. The van der Waals surface area contributed by atoms with Gasteiger partial charge in [0.25, 0.3) is 0 Å². The van der Waals surface area contributed by atoms with Gasteiger partial charge < -0.3 is 0 Å². The van der Waals surface area contributed by atoms with E-state index in [2.05, 4.69) is 6.92 Å². The highest BCUT2D eigenvalue weighted by molar-refractivity contribution is 6.20. The van der Waals surface area contributed by atoms with Crippen LogP contribution in [-0.2, 0) is 0 Å². The van der Waals surface area contributed by atoms with E-state index in [9.17, 15) is 0 Å². The number of halogens is 1. The molecular weight excluding hydrogens is 180 g/mol. The zero-order valence-corrected chi connectivity index (χ0v) is 9.45. The summed E-state index contributed by atoms with van der Waals surface area (Å²) in [6.45, 7) is 2.25. The van der Waals surface area contributed by atoms with Crippen molar-refractivity contribution in [1.29, 1.82) is 0 Å². The van der Waals surface area contributed by atoms with Crippen LogP contribution in [-0.4, -0.2) is 5.38 Å². The second kappa shape index (κ2) is 3.81. The molecule has 0 heterocycles.